The van der Waals surface area contributed by atoms with E-state index in [0.717, 1.165) is 17.5 Å². The molecule has 1 atom stereocenters. The van der Waals surface area contributed by atoms with Gasteiger partial charge in [-0.2, -0.15) is 9.36 Å². The van der Waals surface area contributed by atoms with Crippen LogP contribution in [0.4, 0.5) is 0 Å². The van der Waals surface area contributed by atoms with Gasteiger partial charge < -0.3 is 5.32 Å². The Hall–Kier alpha value is -2.44. The van der Waals surface area contributed by atoms with E-state index in [9.17, 15) is 9.59 Å². The molecular formula is C14H19N5O2. The van der Waals surface area contributed by atoms with Crippen LogP contribution in [0.25, 0.3) is 5.69 Å². The van der Waals surface area contributed by atoms with Crippen LogP contribution in [-0.2, 0) is 11.3 Å². The lowest BCUT2D eigenvalue weighted by atomic mass is 10.2. The third kappa shape index (κ3) is 3.77. The Kier molecular flexibility index (Phi) is 4.86. The molecule has 7 nitrogen and oxygen atoms in total. The van der Waals surface area contributed by atoms with Gasteiger partial charge in [0, 0.05) is 6.04 Å². The van der Waals surface area contributed by atoms with Crippen LogP contribution in [0.15, 0.2) is 35.1 Å². The Balaban J connectivity index is 2.08. The lowest BCUT2D eigenvalue weighted by Gasteiger charge is -2.11. The van der Waals surface area contributed by atoms with E-state index in [1.165, 1.54) is 4.68 Å². The van der Waals surface area contributed by atoms with Crippen molar-refractivity contribution >= 4 is 5.91 Å². The van der Waals surface area contributed by atoms with Gasteiger partial charge in [-0.1, -0.05) is 31.5 Å². The SMILES string of the molecule is CCCC(C)NC(=O)Cn1nnn(-c2ccccc2)c1=O. The molecular weight excluding hydrogens is 270 g/mol. The van der Waals surface area contributed by atoms with E-state index >= 15 is 0 Å². The van der Waals surface area contributed by atoms with Crippen molar-refractivity contribution < 1.29 is 4.79 Å². The highest BCUT2D eigenvalue weighted by molar-refractivity contribution is 5.75. The predicted octanol–water partition coefficient (Wildman–Crippen LogP) is 0.734. The largest absolute Gasteiger partial charge is 0.368 e. The number of amides is 1. The Morgan fingerprint density at radius 1 is 1.29 bits per heavy atom. The molecule has 1 unspecified atom stereocenters. The van der Waals surface area contributed by atoms with E-state index in [4.69, 9.17) is 0 Å². The second-order valence-electron chi connectivity index (χ2n) is 4.92. The summed E-state index contributed by atoms with van der Waals surface area (Å²) in [6.45, 7) is 3.86. The van der Waals surface area contributed by atoms with Gasteiger partial charge in [-0.25, -0.2) is 4.79 Å². The Labute approximate surface area is 122 Å². The van der Waals surface area contributed by atoms with Gasteiger partial charge in [-0.15, -0.1) is 0 Å². The van der Waals surface area contributed by atoms with Gasteiger partial charge in [0.15, 0.2) is 0 Å². The number of nitrogens with zero attached hydrogens (tertiary/aromatic N) is 4. The number of hydrogen-bond acceptors (Lipinski definition) is 4. The molecule has 21 heavy (non-hydrogen) atoms. The zero-order valence-corrected chi connectivity index (χ0v) is 12.2. The van der Waals surface area contributed by atoms with E-state index < -0.39 is 5.69 Å². The summed E-state index contributed by atoms with van der Waals surface area (Å²) in [6.07, 6.45) is 1.89. The first kappa shape index (κ1) is 15.0. The predicted molar refractivity (Wildman–Crippen MR) is 78.1 cm³/mol. The minimum atomic E-state index is -0.431. The topological polar surface area (TPSA) is 81.8 Å². The molecule has 1 aromatic carbocycles. The number of tetrazole rings is 1. The van der Waals surface area contributed by atoms with Crippen molar-refractivity contribution in [3.05, 3.63) is 40.8 Å². The first-order valence-corrected chi connectivity index (χ1v) is 6.99. The average molecular weight is 289 g/mol. The molecule has 0 radical (unpaired) electrons. The minimum absolute atomic E-state index is 0.0855. The average Bonchev–Trinajstić information content (AvgIpc) is 2.81. The van der Waals surface area contributed by atoms with Crippen LogP contribution >= 0.6 is 0 Å². The fraction of sp³-hybridized carbons (Fsp3) is 0.429. The zero-order chi connectivity index (χ0) is 15.2. The second-order valence-corrected chi connectivity index (χ2v) is 4.92. The third-order valence-corrected chi connectivity index (χ3v) is 3.06. The van der Waals surface area contributed by atoms with Crippen molar-refractivity contribution in [2.24, 2.45) is 0 Å². The molecule has 112 valence electrons. The summed E-state index contributed by atoms with van der Waals surface area (Å²) >= 11 is 0. The molecule has 0 spiro atoms. The lowest BCUT2D eigenvalue weighted by molar-refractivity contribution is -0.122. The van der Waals surface area contributed by atoms with Crippen molar-refractivity contribution in [2.75, 3.05) is 0 Å². The van der Waals surface area contributed by atoms with Gasteiger partial charge in [0.2, 0.25) is 5.91 Å². The molecule has 7 heteroatoms. The molecule has 2 rings (SSSR count). The van der Waals surface area contributed by atoms with Gasteiger partial charge in [-0.3, -0.25) is 4.79 Å². The maximum absolute atomic E-state index is 12.1. The maximum Gasteiger partial charge on any atom is 0.368 e. The molecule has 0 saturated heterocycles. The molecule has 0 aliphatic carbocycles. The molecule has 0 fully saturated rings. The molecule has 1 heterocycles. The van der Waals surface area contributed by atoms with Crippen molar-refractivity contribution in [1.29, 1.82) is 0 Å². The number of rotatable bonds is 6. The van der Waals surface area contributed by atoms with Crippen molar-refractivity contribution in [3.8, 4) is 5.69 Å². The fourth-order valence-electron chi connectivity index (χ4n) is 2.07. The quantitative estimate of drug-likeness (QED) is 0.850. The number of para-hydroxylation sites is 1. The first-order chi connectivity index (χ1) is 10.1. The Morgan fingerprint density at radius 2 is 2.00 bits per heavy atom. The van der Waals surface area contributed by atoms with Crippen LogP contribution in [-0.4, -0.2) is 31.7 Å². The molecule has 1 N–H and O–H groups in total. The summed E-state index contributed by atoms with van der Waals surface area (Å²) in [7, 11) is 0. The van der Waals surface area contributed by atoms with Crippen molar-refractivity contribution in [1.82, 2.24) is 25.1 Å². The smallest absolute Gasteiger partial charge is 0.352 e. The highest BCUT2D eigenvalue weighted by atomic mass is 16.2. The summed E-state index contributed by atoms with van der Waals surface area (Å²) in [5.74, 6) is -0.238. The molecule has 0 saturated carbocycles. The third-order valence-electron chi connectivity index (χ3n) is 3.06. The van der Waals surface area contributed by atoms with Crippen LogP contribution in [0.1, 0.15) is 26.7 Å². The fourth-order valence-corrected chi connectivity index (χ4v) is 2.07. The summed E-state index contributed by atoms with van der Waals surface area (Å²) in [4.78, 5) is 24.0. The second kappa shape index (κ2) is 6.83. The lowest BCUT2D eigenvalue weighted by Crippen LogP contribution is -2.37. The number of benzene rings is 1. The summed E-state index contributed by atoms with van der Waals surface area (Å²) < 4.78 is 2.23. The van der Waals surface area contributed by atoms with Crippen LogP contribution in [0.3, 0.4) is 0 Å². The Morgan fingerprint density at radius 3 is 2.67 bits per heavy atom. The van der Waals surface area contributed by atoms with Crippen LogP contribution in [0.5, 0.6) is 0 Å². The molecule has 2 aromatic rings. The Bertz CT molecular complexity index is 647. The summed E-state index contributed by atoms with van der Waals surface area (Å²) in [5, 5.41) is 10.4. The van der Waals surface area contributed by atoms with E-state index in [1.807, 2.05) is 13.0 Å². The minimum Gasteiger partial charge on any atom is -0.352 e. The number of nitrogens with one attached hydrogen (secondary N) is 1. The number of aromatic nitrogens is 4. The maximum atomic E-state index is 12.1. The molecule has 0 bridgehead atoms. The van der Waals surface area contributed by atoms with E-state index in [1.54, 1.807) is 24.3 Å². The van der Waals surface area contributed by atoms with E-state index in [2.05, 4.69) is 22.7 Å². The summed E-state index contributed by atoms with van der Waals surface area (Å²) in [6, 6.07) is 9.05. The van der Waals surface area contributed by atoms with E-state index in [-0.39, 0.29) is 18.5 Å². The van der Waals surface area contributed by atoms with Gasteiger partial charge in [0.05, 0.1) is 5.69 Å². The normalized spacial score (nSPS) is 12.1. The highest BCUT2D eigenvalue weighted by Gasteiger charge is 2.13. The number of carbonyl (C=O) groups is 1. The van der Waals surface area contributed by atoms with Gasteiger partial charge >= 0.3 is 5.69 Å². The monoisotopic (exact) mass is 289 g/mol. The van der Waals surface area contributed by atoms with Gasteiger partial charge in [0.1, 0.15) is 6.54 Å². The van der Waals surface area contributed by atoms with Crippen LogP contribution in [0.2, 0.25) is 0 Å². The first-order valence-electron chi connectivity index (χ1n) is 6.99. The van der Waals surface area contributed by atoms with Crippen LogP contribution < -0.4 is 11.0 Å². The van der Waals surface area contributed by atoms with E-state index in [0.29, 0.717) is 5.69 Å². The van der Waals surface area contributed by atoms with Crippen molar-refractivity contribution in [2.45, 2.75) is 39.3 Å². The molecule has 0 aliphatic heterocycles. The van der Waals surface area contributed by atoms with Crippen molar-refractivity contribution in [3.63, 3.8) is 0 Å². The number of carbonyl (C=O) groups excluding carboxylic acids is 1. The molecule has 1 amide bonds. The van der Waals surface area contributed by atoms with Crippen LogP contribution in [0, 0.1) is 0 Å². The standard InChI is InChI=1S/C14H19N5O2/c1-3-7-11(2)15-13(20)10-18-14(21)19(17-16-18)12-8-5-4-6-9-12/h4-6,8-9,11H,3,7,10H2,1-2H3,(H,15,20). The highest BCUT2D eigenvalue weighted by Crippen LogP contribution is 2.00. The summed E-state index contributed by atoms with van der Waals surface area (Å²) in [5.41, 5.74) is 0.188. The molecule has 1 aromatic heterocycles. The molecule has 0 aliphatic rings. The number of hydrogen-bond donors (Lipinski definition) is 1. The zero-order valence-electron chi connectivity index (χ0n) is 12.2. The van der Waals surface area contributed by atoms with Gasteiger partial charge in [-0.05, 0) is 35.9 Å². The van der Waals surface area contributed by atoms with Gasteiger partial charge in [0.25, 0.3) is 0 Å².